The lowest BCUT2D eigenvalue weighted by Crippen LogP contribution is -2.37. The van der Waals surface area contributed by atoms with E-state index in [2.05, 4.69) is 20.6 Å². The van der Waals surface area contributed by atoms with Crippen LogP contribution in [0, 0.1) is 11.7 Å². The van der Waals surface area contributed by atoms with Crippen molar-refractivity contribution in [2.75, 3.05) is 5.32 Å². The minimum atomic E-state index is -0.409. The first kappa shape index (κ1) is 22.2. The smallest absolute Gasteiger partial charge is 0.257 e. The number of halogens is 2. The average molecular weight is 458 g/mol. The molecule has 0 spiro atoms. The van der Waals surface area contributed by atoms with Crippen molar-refractivity contribution in [3.63, 3.8) is 0 Å². The molecule has 2 aromatic heterocycles. The van der Waals surface area contributed by atoms with E-state index in [9.17, 15) is 14.0 Å². The number of pyridine rings is 1. The lowest BCUT2D eigenvalue weighted by molar-refractivity contribution is -0.126. The second-order valence-electron chi connectivity index (χ2n) is 8.43. The van der Waals surface area contributed by atoms with Crippen LogP contribution in [0.5, 0.6) is 0 Å². The summed E-state index contributed by atoms with van der Waals surface area (Å²) in [5.41, 5.74) is 1.72. The zero-order valence-corrected chi connectivity index (χ0v) is 18.7. The maximum absolute atomic E-state index is 13.2. The molecule has 0 aliphatic heterocycles. The molecule has 0 unspecified atom stereocenters. The van der Waals surface area contributed by atoms with Crippen molar-refractivity contribution < 1.29 is 14.0 Å². The molecular weight excluding hydrogens is 433 g/mol. The van der Waals surface area contributed by atoms with Crippen molar-refractivity contribution in [2.24, 2.45) is 5.92 Å². The number of rotatable bonds is 5. The molecule has 1 saturated carbocycles. The van der Waals surface area contributed by atoms with Gasteiger partial charge in [0.1, 0.15) is 16.5 Å². The number of hydrogen-bond acceptors (Lipinski definition) is 4. The van der Waals surface area contributed by atoms with Crippen molar-refractivity contribution in [1.82, 2.24) is 19.9 Å². The Kier molecular flexibility index (Phi) is 6.41. The van der Waals surface area contributed by atoms with Gasteiger partial charge in [-0.25, -0.2) is 14.4 Å². The van der Waals surface area contributed by atoms with E-state index < -0.39 is 5.82 Å². The van der Waals surface area contributed by atoms with Gasteiger partial charge in [0.05, 0.1) is 11.7 Å². The maximum Gasteiger partial charge on any atom is 0.257 e. The van der Waals surface area contributed by atoms with E-state index in [1.54, 1.807) is 12.3 Å². The van der Waals surface area contributed by atoms with E-state index in [1.807, 2.05) is 18.4 Å². The summed E-state index contributed by atoms with van der Waals surface area (Å²) in [7, 11) is 0. The normalized spacial score (nSPS) is 18.7. The fourth-order valence-corrected chi connectivity index (χ4v) is 4.36. The summed E-state index contributed by atoms with van der Waals surface area (Å²) in [6.45, 7) is 3.91. The zero-order chi connectivity index (χ0) is 22.8. The van der Waals surface area contributed by atoms with E-state index in [0.29, 0.717) is 22.2 Å². The third-order valence-corrected chi connectivity index (χ3v) is 5.94. The lowest BCUT2D eigenvalue weighted by atomic mass is 9.85. The van der Waals surface area contributed by atoms with Gasteiger partial charge in [-0.05, 0) is 63.8 Å². The number of fused-ring (bicyclic) bond motifs is 1. The first-order valence-electron chi connectivity index (χ1n) is 10.7. The van der Waals surface area contributed by atoms with Crippen LogP contribution >= 0.6 is 11.6 Å². The third-order valence-electron chi connectivity index (χ3n) is 5.74. The van der Waals surface area contributed by atoms with Crippen molar-refractivity contribution in [3.05, 3.63) is 53.1 Å². The Morgan fingerprint density at radius 1 is 1.16 bits per heavy atom. The largest absolute Gasteiger partial charge is 0.354 e. The molecule has 2 N–H and O–H groups in total. The minimum Gasteiger partial charge on any atom is -0.354 e. The maximum atomic E-state index is 13.2. The van der Waals surface area contributed by atoms with Crippen LogP contribution < -0.4 is 10.6 Å². The Morgan fingerprint density at radius 2 is 1.84 bits per heavy atom. The molecule has 2 amide bonds. The van der Waals surface area contributed by atoms with E-state index >= 15 is 0 Å². The van der Waals surface area contributed by atoms with E-state index in [1.165, 1.54) is 24.3 Å². The first-order chi connectivity index (χ1) is 15.3. The summed E-state index contributed by atoms with van der Waals surface area (Å²) in [6, 6.07) is 7.22. The number of benzene rings is 1. The molecule has 0 radical (unpaired) electrons. The number of carbonyl (C=O) groups excluding carboxylic acids is 2. The van der Waals surface area contributed by atoms with Crippen LogP contribution in [-0.4, -0.2) is 32.4 Å². The summed E-state index contributed by atoms with van der Waals surface area (Å²) in [4.78, 5) is 33.8. The topological polar surface area (TPSA) is 88.9 Å². The van der Waals surface area contributed by atoms with Gasteiger partial charge in [-0.15, -0.1) is 0 Å². The Bertz CT molecular complexity index is 1140. The number of amides is 2. The second kappa shape index (κ2) is 9.24. The molecule has 4 rings (SSSR count). The fraction of sp³-hybridized carbons (Fsp3) is 0.391. The number of anilines is 1. The standard InChI is InChI=1S/C23H25ClFN5O2/c1-13(2)27-21(31)15-5-9-17(10-6-15)30-19-11-20(24)26-12-18(19)28-23(30)29-22(32)14-3-7-16(25)8-4-14/h3-4,7-8,11-13,15,17H,5-6,9-10H2,1-2H3,(H,27,31)(H,28,29,32). The lowest BCUT2D eigenvalue weighted by Gasteiger charge is -2.30. The summed E-state index contributed by atoms with van der Waals surface area (Å²) in [6.07, 6.45) is 4.59. The van der Waals surface area contributed by atoms with E-state index in [-0.39, 0.29) is 29.8 Å². The number of carbonyl (C=O) groups is 2. The van der Waals surface area contributed by atoms with Gasteiger partial charge in [-0.3, -0.25) is 14.9 Å². The number of aromatic nitrogens is 3. The van der Waals surface area contributed by atoms with Gasteiger partial charge in [-0.1, -0.05) is 11.6 Å². The van der Waals surface area contributed by atoms with Gasteiger partial charge >= 0.3 is 0 Å². The molecule has 32 heavy (non-hydrogen) atoms. The highest BCUT2D eigenvalue weighted by molar-refractivity contribution is 6.30. The first-order valence-corrected chi connectivity index (χ1v) is 11.1. The van der Waals surface area contributed by atoms with Gasteiger partial charge in [0.15, 0.2) is 0 Å². The molecule has 3 aromatic rings. The van der Waals surface area contributed by atoms with Crippen LogP contribution in [-0.2, 0) is 4.79 Å². The number of nitrogens with one attached hydrogen (secondary N) is 2. The highest BCUT2D eigenvalue weighted by atomic mass is 35.5. The van der Waals surface area contributed by atoms with Gasteiger partial charge in [0, 0.05) is 29.6 Å². The van der Waals surface area contributed by atoms with E-state index in [0.717, 1.165) is 31.2 Å². The van der Waals surface area contributed by atoms with Crippen molar-refractivity contribution in [1.29, 1.82) is 0 Å². The summed E-state index contributed by atoms with van der Waals surface area (Å²) < 4.78 is 15.2. The predicted molar refractivity (Wildman–Crippen MR) is 121 cm³/mol. The molecular formula is C23H25ClFN5O2. The van der Waals surface area contributed by atoms with E-state index in [4.69, 9.17) is 11.6 Å². The molecule has 168 valence electrons. The van der Waals surface area contributed by atoms with Crippen LogP contribution in [0.25, 0.3) is 11.0 Å². The molecule has 0 atom stereocenters. The Balaban J connectivity index is 1.60. The number of hydrogen-bond donors (Lipinski definition) is 2. The second-order valence-corrected chi connectivity index (χ2v) is 8.82. The van der Waals surface area contributed by atoms with Crippen LogP contribution in [0.2, 0.25) is 5.15 Å². The molecule has 1 aliphatic rings. The molecule has 2 heterocycles. The predicted octanol–water partition coefficient (Wildman–Crippen LogP) is 4.73. The van der Waals surface area contributed by atoms with Crippen molar-refractivity contribution in [2.45, 2.75) is 51.6 Å². The zero-order valence-electron chi connectivity index (χ0n) is 17.9. The third kappa shape index (κ3) is 4.75. The van der Waals surface area contributed by atoms with Crippen molar-refractivity contribution in [3.8, 4) is 0 Å². The monoisotopic (exact) mass is 457 g/mol. The highest BCUT2D eigenvalue weighted by Gasteiger charge is 2.30. The summed E-state index contributed by atoms with van der Waals surface area (Å²) >= 11 is 6.14. The van der Waals surface area contributed by atoms with Crippen LogP contribution in [0.4, 0.5) is 10.3 Å². The average Bonchev–Trinajstić information content (AvgIpc) is 3.10. The fourth-order valence-electron chi connectivity index (χ4n) is 4.21. The molecule has 9 heteroatoms. The Morgan fingerprint density at radius 3 is 2.50 bits per heavy atom. The molecule has 7 nitrogen and oxygen atoms in total. The number of imidazole rings is 1. The Hall–Kier alpha value is -3.00. The minimum absolute atomic E-state index is 0.0223. The Labute approximate surface area is 190 Å². The van der Waals surface area contributed by atoms with Crippen LogP contribution in [0.15, 0.2) is 36.5 Å². The quantitative estimate of drug-likeness (QED) is 0.542. The summed E-state index contributed by atoms with van der Waals surface area (Å²) in [5, 5.41) is 6.18. The van der Waals surface area contributed by atoms with Gasteiger partial charge in [0.2, 0.25) is 11.9 Å². The molecule has 1 fully saturated rings. The molecule has 0 saturated heterocycles. The molecule has 1 aromatic carbocycles. The van der Waals surface area contributed by atoms with Crippen LogP contribution in [0.1, 0.15) is 55.9 Å². The highest BCUT2D eigenvalue weighted by Crippen LogP contribution is 2.37. The van der Waals surface area contributed by atoms with Gasteiger partial charge in [0.25, 0.3) is 5.91 Å². The summed E-state index contributed by atoms with van der Waals surface area (Å²) in [5.74, 6) is -0.344. The van der Waals surface area contributed by atoms with Crippen LogP contribution in [0.3, 0.4) is 0 Å². The number of nitrogens with zero attached hydrogens (tertiary/aromatic N) is 3. The van der Waals surface area contributed by atoms with Gasteiger partial charge < -0.3 is 9.88 Å². The molecule has 0 bridgehead atoms. The van der Waals surface area contributed by atoms with Gasteiger partial charge in [-0.2, -0.15) is 0 Å². The molecule has 1 aliphatic carbocycles. The SMILES string of the molecule is CC(C)NC(=O)C1CCC(n2c(NC(=O)c3ccc(F)cc3)nc3cnc(Cl)cc32)CC1. The van der Waals surface area contributed by atoms with Crippen molar-refractivity contribution >= 4 is 40.4 Å².